The Morgan fingerprint density at radius 3 is 2.58 bits per heavy atom. The lowest BCUT2D eigenvalue weighted by Gasteiger charge is -2.18. The number of urea groups is 1. The number of amides is 2. The van der Waals surface area contributed by atoms with Gasteiger partial charge in [-0.1, -0.05) is 36.4 Å². The molecule has 3 rings (SSSR count). The monoisotopic (exact) mass is 254 g/mol. The number of carbonyl (C=O) groups excluding carboxylic acids is 1. The van der Waals surface area contributed by atoms with Crippen LogP contribution >= 0.6 is 0 Å². The number of nitrogens with zero attached hydrogens (tertiary/aromatic N) is 2. The van der Waals surface area contributed by atoms with Crippen LogP contribution in [0, 0.1) is 0 Å². The molecule has 0 N–H and O–H groups in total. The third-order valence-electron chi connectivity index (χ3n) is 3.97. The van der Waals surface area contributed by atoms with E-state index < -0.39 is 0 Å². The molecule has 1 fully saturated rings. The van der Waals surface area contributed by atoms with Gasteiger partial charge in [-0.2, -0.15) is 0 Å². The van der Waals surface area contributed by atoms with Gasteiger partial charge < -0.3 is 9.80 Å². The van der Waals surface area contributed by atoms with Gasteiger partial charge in [0, 0.05) is 20.1 Å². The fraction of sp³-hybridized carbons (Fsp3) is 0.312. The molecule has 1 aliphatic heterocycles. The fourth-order valence-electron chi connectivity index (χ4n) is 2.77. The number of carbonyl (C=O) groups is 1. The van der Waals surface area contributed by atoms with Crippen LogP contribution in [-0.2, 0) is 0 Å². The maximum Gasteiger partial charge on any atom is 0.320 e. The molecule has 0 aromatic heterocycles. The van der Waals surface area contributed by atoms with Crippen molar-refractivity contribution < 1.29 is 4.79 Å². The van der Waals surface area contributed by atoms with Crippen molar-refractivity contribution in [3.63, 3.8) is 0 Å². The van der Waals surface area contributed by atoms with Crippen LogP contribution in [-0.4, -0.2) is 36.0 Å². The van der Waals surface area contributed by atoms with Gasteiger partial charge in [-0.05, 0) is 29.3 Å². The molecule has 1 atom stereocenters. The normalized spacial score (nSPS) is 19.5. The summed E-state index contributed by atoms with van der Waals surface area (Å²) < 4.78 is 0. The lowest BCUT2D eigenvalue weighted by molar-refractivity contribution is 0.197. The van der Waals surface area contributed by atoms with E-state index in [1.54, 1.807) is 0 Å². The predicted octanol–water partition coefficient (Wildman–Crippen LogP) is 3.27. The fourth-order valence-corrected chi connectivity index (χ4v) is 2.77. The smallest absolute Gasteiger partial charge is 0.320 e. The minimum absolute atomic E-state index is 0.126. The summed E-state index contributed by atoms with van der Waals surface area (Å²) in [5.74, 6) is 0. The topological polar surface area (TPSA) is 23.6 Å². The molecule has 1 aliphatic rings. The average Bonchev–Trinajstić information content (AvgIpc) is 2.74. The molecule has 3 nitrogen and oxygen atoms in total. The summed E-state index contributed by atoms with van der Waals surface area (Å²) in [6.07, 6.45) is 0. The second-order valence-electron chi connectivity index (χ2n) is 5.05. The molecule has 0 radical (unpaired) electrons. The number of benzene rings is 2. The standard InChI is InChI=1S/C16H18N2O/c1-3-18-11-15(17(2)16(18)19)14-9-8-12-6-4-5-7-13(12)10-14/h4-10,15H,3,11H2,1-2H3. The summed E-state index contributed by atoms with van der Waals surface area (Å²) in [5, 5.41) is 2.47. The Kier molecular flexibility index (Phi) is 2.90. The first kappa shape index (κ1) is 12.0. The molecule has 1 heterocycles. The number of rotatable bonds is 2. The Morgan fingerprint density at radius 2 is 1.89 bits per heavy atom. The number of hydrogen-bond acceptors (Lipinski definition) is 1. The van der Waals surface area contributed by atoms with E-state index >= 15 is 0 Å². The maximum absolute atomic E-state index is 12.0. The molecule has 98 valence electrons. The van der Waals surface area contributed by atoms with Crippen molar-refractivity contribution >= 4 is 16.8 Å². The Hall–Kier alpha value is -2.03. The largest absolute Gasteiger partial charge is 0.323 e. The molecule has 1 saturated heterocycles. The molecule has 0 aliphatic carbocycles. The Labute approximate surface area is 113 Å². The minimum Gasteiger partial charge on any atom is -0.323 e. The van der Waals surface area contributed by atoms with Crippen LogP contribution in [0.15, 0.2) is 42.5 Å². The molecular weight excluding hydrogens is 236 g/mol. The third kappa shape index (κ3) is 1.95. The quantitative estimate of drug-likeness (QED) is 0.807. The molecule has 3 heteroatoms. The van der Waals surface area contributed by atoms with Gasteiger partial charge in [0.25, 0.3) is 0 Å². The highest BCUT2D eigenvalue weighted by Gasteiger charge is 2.34. The first-order valence-corrected chi connectivity index (χ1v) is 6.71. The lowest BCUT2D eigenvalue weighted by Crippen LogP contribution is -2.29. The van der Waals surface area contributed by atoms with Crippen LogP contribution in [0.5, 0.6) is 0 Å². The maximum atomic E-state index is 12.0. The van der Waals surface area contributed by atoms with Crippen molar-refractivity contribution in [1.29, 1.82) is 0 Å². The lowest BCUT2D eigenvalue weighted by atomic mass is 10.0. The average molecular weight is 254 g/mol. The van der Waals surface area contributed by atoms with Crippen LogP contribution in [0.4, 0.5) is 4.79 Å². The molecule has 1 unspecified atom stereocenters. The van der Waals surface area contributed by atoms with E-state index in [0.29, 0.717) is 0 Å². The molecular formula is C16H18N2O. The molecule has 2 aromatic carbocycles. The number of hydrogen-bond donors (Lipinski definition) is 0. The minimum atomic E-state index is 0.126. The molecule has 0 spiro atoms. The molecule has 0 saturated carbocycles. The van der Waals surface area contributed by atoms with E-state index in [4.69, 9.17) is 0 Å². The van der Waals surface area contributed by atoms with Gasteiger partial charge in [0.15, 0.2) is 0 Å². The van der Waals surface area contributed by atoms with Crippen LogP contribution in [0.2, 0.25) is 0 Å². The zero-order chi connectivity index (χ0) is 13.4. The van der Waals surface area contributed by atoms with Crippen molar-refractivity contribution in [3.8, 4) is 0 Å². The second kappa shape index (κ2) is 4.57. The van der Waals surface area contributed by atoms with E-state index in [1.165, 1.54) is 16.3 Å². The molecule has 2 aromatic rings. The summed E-state index contributed by atoms with van der Waals surface area (Å²) in [6, 6.07) is 15.1. The van der Waals surface area contributed by atoms with Gasteiger partial charge in [-0.3, -0.25) is 0 Å². The van der Waals surface area contributed by atoms with E-state index in [0.717, 1.165) is 13.1 Å². The number of fused-ring (bicyclic) bond motifs is 1. The molecule has 2 amide bonds. The first-order chi connectivity index (χ1) is 9.20. The van der Waals surface area contributed by atoms with E-state index in [-0.39, 0.29) is 12.1 Å². The Morgan fingerprint density at radius 1 is 1.16 bits per heavy atom. The SMILES string of the molecule is CCN1CC(c2ccc3ccccc3c2)N(C)C1=O. The van der Waals surface area contributed by atoms with Gasteiger partial charge in [0.05, 0.1) is 6.04 Å². The summed E-state index contributed by atoms with van der Waals surface area (Å²) in [5.41, 5.74) is 1.21. The highest BCUT2D eigenvalue weighted by molar-refractivity contribution is 5.84. The molecule has 19 heavy (non-hydrogen) atoms. The third-order valence-corrected chi connectivity index (χ3v) is 3.97. The Bertz CT molecular complexity index is 623. The van der Waals surface area contributed by atoms with Crippen LogP contribution < -0.4 is 0 Å². The van der Waals surface area contributed by atoms with Crippen molar-refractivity contribution in [2.45, 2.75) is 13.0 Å². The zero-order valence-corrected chi connectivity index (χ0v) is 11.3. The van der Waals surface area contributed by atoms with Gasteiger partial charge in [-0.15, -0.1) is 0 Å². The van der Waals surface area contributed by atoms with Crippen LogP contribution in [0.25, 0.3) is 10.8 Å². The summed E-state index contributed by atoms with van der Waals surface area (Å²) in [6.45, 7) is 3.58. The van der Waals surface area contributed by atoms with Gasteiger partial charge in [-0.25, -0.2) is 4.79 Å². The van der Waals surface area contributed by atoms with E-state index in [1.807, 2.05) is 35.9 Å². The highest BCUT2D eigenvalue weighted by Crippen LogP contribution is 2.29. The summed E-state index contributed by atoms with van der Waals surface area (Å²) in [4.78, 5) is 15.8. The van der Waals surface area contributed by atoms with E-state index in [2.05, 4.69) is 30.3 Å². The van der Waals surface area contributed by atoms with Crippen molar-refractivity contribution in [1.82, 2.24) is 9.80 Å². The van der Waals surface area contributed by atoms with Crippen molar-refractivity contribution in [2.75, 3.05) is 20.1 Å². The van der Waals surface area contributed by atoms with Gasteiger partial charge in [0.2, 0.25) is 0 Å². The van der Waals surface area contributed by atoms with Crippen LogP contribution in [0.3, 0.4) is 0 Å². The highest BCUT2D eigenvalue weighted by atomic mass is 16.2. The Balaban J connectivity index is 1.98. The zero-order valence-electron chi connectivity index (χ0n) is 11.3. The van der Waals surface area contributed by atoms with Gasteiger partial charge in [0.1, 0.15) is 0 Å². The van der Waals surface area contributed by atoms with Crippen molar-refractivity contribution in [2.24, 2.45) is 0 Å². The van der Waals surface area contributed by atoms with Crippen LogP contribution in [0.1, 0.15) is 18.5 Å². The second-order valence-corrected chi connectivity index (χ2v) is 5.05. The molecule has 0 bridgehead atoms. The van der Waals surface area contributed by atoms with Gasteiger partial charge >= 0.3 is 6.03 Å². The number of likely N-dealkylation sites (N-methyl/N-ethyl adjacent to an activating group) is 2. The predicted molar refractivity (Wildman–Crippen MR) is 77.1 cm³/mol. The van der Waals surface area contributed by atoms with Crippen molar-refractivity contribution in [3.05, 3.63) is 48.0 Å². The van der Waals surface area contributed by atoms with E-state index in [9.17, 15) is 4.79 Å². The first-order valence-electron chi connectivity index (χ1n) is 6.71. The summed E-state index contributed by atoms with van der Waals surface area (Å²) >= 11 is 0. The summed E-state index contributed by atoms with van der Waals surface area (Å²) in [7, 11) is 1.89.